The molecular weight excluding hydrogens is 362 g/mol. The van der Waals surface area contributed by atoms with Crippen LogP contribution in [0.4, 0.5) is 0 Å². The van der Waals surface area contributed by atoms with Crippen LogP contribution in [0.3, 0.4) is 0 Å². The normalized spacial score (nSPS) is 18.0. The second-order valence-corrected chi connectivity index (χ2v) is 7.86. The molecule has 1 aliphatic heterocycles. The molecule has 0 fully saturated rings. The molecule has 5 nitrogen and oxygen atoms in total. The van der Waals surface area contributed by atoms with Crippen LogP contribution in [0.1, 0.15) is 47.1 Å². The van der Waals surface area contributed by atoms with Gasteiger partial charge in [-0.2, -0.15) is 0 Å². The second kappa shape index (κ2) is 8.87. The topological polar surface area (TPSA) is 59.0 Å². The van der Waals surface area contributed by atoms with Crippen molar-refractivity contribution in [3.8, 4) is 11.5 Å². The molecule has 0 radical (unpaired) electrons. The fourth-order valence-electron chi connectivity index (χ4n) is 3.66. The highest BCUT2D eigenvalue weighted by molar-refractivity contribution is 7.10. The van der Waals surface area contributed by atoms with Crippen molar-refractivity contribution in [2.75, 3.05) is 26.8 Å². The van der Waals surface area contributed by atoms with E-state index in [1.807, 2.05) is 11.3 Å². The molecule has 0 unspecified atom stereocenters. The van der Waals surface area contributed by atoms with E-state index in [4.69, 9.17) is 9.47 Å². The fraction of sp³-hybridized carbons (Fsp3) is 0.476. The molecule has 0 amide bonds. The third kappa shape index (κ3) is 4.51. The number of thiophene rings is 1. The lowest BCUT2D eigenvalue weighted by Gasteiger charge is -2.36. The van der Waals surface area contributed by atoms with Crippen LogP contribution in [-0.4, -0.2) is 48.7 Å². The zero-order valence-corrected chi connectivity index (χ0v) is 16.9. The quantitative estimate of drug-likeness (QED) is 0.698. The maximum atomic E-state index is 11.5. The molecule has 2 aromatic rings. The summed E-state index contributed by atoms with van der Waals surface area (Å²) in [5, 5.41) is 12.7. The molecule has 2 atom stereocenters. The number of aliphatic hydroxyl groups is 1. The Balaban J connectivity index is 1.60. The van der Waals surface area contributed by atoms with Crippen molar-refractivity contribution in [1.82, 2.24) is 4.90 Å². The van der Waals surface area contributed by atoms with Gasteiger partial charge in [0.25, 0.3) is 0 Å². The Morgan fingerprint density at radius 2 is 2.19 bits per heavy atom. The maximum absolute atomic E-state index is 11.5. The van der Waals surface area contributed by atoms with Crippen molar-refractivity contribution in [3.63, 3.8) is 0 Å². The smallest absolute Gasteiger partial charge is 0.161 e. The number of nitrogens with zero attached hydrogens (tertiary/aromatic N) is 1. The lowest BCUT2D eigenvalue weighted by Crippen LogP contribution is -2.41. The summed E-state index contributed by atoms with van der Waals surface area (Å²) in [4.78, 5) is 15.3. The van der Waals surface area contributed by atoms with Gasteiger partial charge in [0.05, 0.1) is 7.11 Å². The molecule has 0 bridgehead atoms. The first-order valence-corrected chi connectivity index (χ1v) is 10.2. The van der Waals surface area contributed by atoms with E-state index in [1.165, 1.54) is 17.4 Å². The van der Waals surface area contributed by atoms with Crippen LogP contribution in [0.2, 0.25) is 0 Å². The molecule has 3 rings (SSSR count). The third-order valence-corrected chi connectivity index (χ3v) is 6.04. The van der Waals surface area contributed by atoms with Gasteiger partial charge in [-0.25, -0.2) is 0 Å². The van der Waals surface area contributed by atoms with Gasteiger partial charge >= 0.3 is 0 Å². The lowest BCUT2D eigenvalue weighted by molar-refractivity contribution is 0.0472. The molecule has 146 valence electrons. The van der Waals surface area contributed by atoms with Crippen LogP contribution in [0.15, 0.2) is 29.6 Å². The molecule has 0 saturated heterocycles. The molecule has 0 saturated carbocycles. The minimum absolute atomic E-state index is 0.0246. The van der Waals surface area contributed by atoms with Crippen molar-refractivity contribution in [2.45, 2.75) is 38.8 Å². The van der Waals surface area contributed by atoms with Crippen molar-refractivity contribution in [2.24, 2.45) is 0 Å². The monoisotopic (exact) mass is 389 g/mol. The van der Waals surface area contributed by atoms with Gasteiger partial charge < -0.3 is 14.6 Å². The fourth-order valence-corrected chi connectivity index (χ4v) is 4.59. The zero-order chi connectivity index (χ0) is 19.4. The van der Waals surface area contributed by atoms with E-state index in [0.29, 0.717) is 29.6 Å². The first-order chi connectivity index (χ1) is 13.0. The van der Waals surface area contributed by atoms with Gasteiger partial charge in [0.1, 0.15) is 12.7 Å². The van der Waals surface area contributed by atoms with Crippen molar-refractivity contribution in [3.05, 3.63) is 45.6 Å². The van der Waals surface area contributed by atoms with E-state index in [2.05, 4.69) is 23.3 Å². The molecule has 0 aliphatic carbocycles. The maximum Gasteiger partial charge on any atom is 0.161 e. The molecule has 2 heterocycles. The highest BCUT2D eigenvalue weighted by Crippen LogP contribution is 2.35. The number of aliphatic hydroxyl groups excluding tert-OH is 1. The van der Waals surface area contributed by atoms with Gasteiger partial charge in [-0.3, -0.25) is 9.69 Å². The first-order valence-electron chi connectivity index (χ1n) is 9.33. The Labute approximate surface area is 164 Å². The summed E-state index contributed by atoms with van der Waals surface area (Å²) in [6.07, 6.45) is 1.46. The second-order valence-electron chi connectivity index (χ2n) is 6.85. The molecule has 1 aromatic carbocycles. The summed E-state index contributed by atoms with van der Waals surface area (Å²) in [7, 11) is 1.54. The van der Waals surface area contributed by atoms with Gasteiger partial charge in [-0.1, -0.05) is 6.92 Å². The molecular formula is C21H27NO4S. The number of ketones is 1. The standard InChI is InChI=1S/C21H27NO4S/c1-4-18-17-8-10-27-21(17)7-9-22(18)12-16(24)13-26-19-6-5-15(14(2)23)11-20(19)25-3/h5-6,8,10-11,16,18,24H,4,7,9,12-13H2,1-3H3/t16-,18-/m0/s1. The van der Waals surface area contributed by atoms with Crippen molar-refractivity contribution < 1.29 is 19.4 Å². The molecule has 6 heteroatoms. The number of benzene rings is 1. The number of fused-ring (bicyclic) bond motifs is 1. The van der Waals surface area contributed by atoms with Crippen LogP contribution in [0, 0.1) is 0 Å². The van der Waals surface area contributed by atoms with Crippen LogP contribution in [-0.2, 0) is 6.42 Å². The molecule has 0 spiro atoms. The van der Waals surface area contributed by atoms with E-state index < -0.39 is 6.10 Å². The summed E-state index contributed by atoms with van der Waals surface area (Å²) in [6.45, 7) is 5.41. The number of carbonyl (C=O) groups is 1. The minimum atomic E-state index is -0.601. The number of hydrogen-bond donors (Lipinski definition) is 1. The van der Waals surface area contributed by atoms with Crippen LogP contribution in [0.25, 0.3) is 0 Å². The Morgan fingerprint density at radius 1 is 1.37 bits per heavy atom. The van der Waals surface area contributed by atoms with E-state index >= 15 is 0 Å². The number of β-amino-alcohol motifs (C(OH)–C–C–N with tert-alkyl or cyclic N) is 1. The number of Topliss-reactive ketones (excluding diaryl/α,β-unsaturated/α-hetero) is 1. The highest BCUT2D eigenvalue weighted by atomic mass is 32.1. The zero-order valence-electron chi connectivity index (χ0n) is 16.1. The Morgan fingerprint density at radius 3 is 2.89 bits per heavy atom. The van der Waals surface area contributed by atoms with Gasteiger partial charge in [0, 0.05) is 29.6 Å². The largest absolute Gasteiger partial charge is 0.493 e. The minimum Gasteiger partial charge on any atom is -0.493 e. The summed E-state index contributed by atoms with van der Waals surface area (Å²) >= 11 is 1.83. The van der Waals surface area contributed by atoms with Gasteiger partial charge in [-0.05, 0) is 55.0 Å². The first kappa shape index (κ1) is 19.9. The lowest BCUT2D eigenvalue weighted by atomic mass is 9.97. The highest BCUT2D eigenvalue weighted by Gasteiger charge is 2.28. The third-order valence-electron chi connectivity index (χ3n) is 5.04. The van der Waals surface area contributed by atoms with Gasteiger partial charge in [-0.15, -0.1) is 11.3 Å². The Kier molecular flexibility index (Phi) is 6.52. The number of methoxy groups -OCH3 is 1. The summed E-state index contributed by atoms with van der Waals surface area (Å²) in [6, 6.07) is 7.67. The number of ether oxygens (including phenoxy) is 2. The summed E-state index contributed by atoms with van der Waals surface area (Å²) < 4.78 is 11.1. The Hall–Kier alpha value is -1.89. The van der Waals surface area contributed by atoms with E-state index in [0.717, 1.165) is 19.4 Å². The molecule has 1 N–H and O–H groups in total. The Bertz CT molecular complexity index is 788. The van der Waals surface area contributed by atoms with E-state index in [-0.39, 0.29) is 12.4 Å². The SMILES string of the molecule is CC[C@H]1c2ccsc2CCN1C[C@H](O)COc1ccc(C(C)=O)cc1OC. The predicted octanol–water partition coefficient (Wildman–Crippen LogP) is 3.71. The number of rotatable bonds is 8. The van der Waals surface area contributed by atoms with Gasteiger partial charge in [0.2, 0.25) is 0 Å². The number of hydrogen-bond acceptors (Lipinski definition) is 6. The van der Waals surface area contributed by atoms with Crippen molar-refractivity contribution >= 4 is 17.1 Å². The van der Waals surface area contributed by atoms with Crippen LogP contribution >= 0.6 is 11.3 Å². The van der Waals surface area contributed by atoms with Crippen molar-refractivity contribution in [1.29, 1.82) is 0 Å². The molecule has 27 heavy (non-hydrogen) atoms. The van der Waals surface area contributed by atoms with Gasteiger partial charge in [0.15, 0.2) is 17.3 Å². The average Bonchev–Trinajstić information content (AvgIpc) is 3.14. The summed E-state index contributed by atoms with van der Waals surface area (Å²) in [5.41, 5.74) is 1.98. The average molecular weight is 390 g/mol. The predicted molar refractivity (Wildman–Crippen MR) is 107 cm³/mol. The summed E-state index contributed by atoms with van der Waals surface area (Å²) in [5.74, 6) is 1.01. The van der Waals surface area contributed by atoms with Crippen LogP contribution < -0.4 is 9.47 Å². The molecule has 1 aliphatic rings. The van der Waals surface area contributed by atoms with E-state index in [1.54, 1.807) is 25.3 Å². The number of carbonyl (C=O) groups excluding carboxylic acids is 1. The van der Waals surface area contributed by atoms with Crippen LogP contribution in [0.5, 0.6) is 11.5 Å². The molecule has 1 aromatic heterocycles. The van der Waals surface area contributed by atoms with E-state index in [9.17, 15) is 9.90 Å².